The zero-order valence-corrected chi connectivity index (χ0v) is 10.00. The van der Waals surface area contributed by atoms with Crippen LogP contribution in [0.5, 0.6) is 0 Å². The molecule has 0 heterocycles. The van der Waals surface area contributed by atoms with Gasteiger partial charge in [0, 0.05) is 18.6 Å². The highest BCUT2D eigenvalue weighted by atomic mass is 19.1. The van der Waals surface area contributed by atoms with Gasteiger partial charge in [-0.1, -0.05) is 12.1 Å². The van der Waals surface area contributed by atoms with Gasteiger partial charge in [0.15, 0.2) is 0 Å². The van der Waals surface area contributed by atoms with Crippen molar-refractivity contribution in [2.24, 2.45) is 0 Å². The lowest BCUT2D eigenvalue weighted by molar-refractivity contribution is 0.166. The van der Waals surface area contributed by atoms with Crippen molar-refractivity contribution < 1.29 is 4.39 Å². The predicted molar refractivity (Wildman–Crippen MR) is 62.2 cm³/mol. The Kier molecular flexibility index (Phi) is 4.28. The highest BCUT2D eigenvalue weighted by molar-refractivity contribution is 5.16. The number of nitrogens with zero attached hydrogens (tertiary/aromatic N) is 1. The lowest BCUT2D eigenvalue weighted by Crippen LogP contribution is -2.36. The normalized spacial score (nSPS) is 11.7. The lowest BCUT2D eigenvalue weighted by Gasteiger charge is -2.30. The lowest BCUT2D eigenvalue weighted by atomic mass is 10.1. The molecular formula is C13H20FN. The summed E-state index contributed by atoms with van der Waals surface area (Å²) in [6, 6.07) is 7.77. The maximum absolute atomic E-state index is 12.7. The molecule has 1 rings (SSSR count). The van der Waals surface area contributed by atoms with Gasteiger partial charge in [-0.05, 0) is 45.4 Å². The first-order valence-corrected chi connectivity index (χ1v) is 5.51. The van der Waals surface area contributed by atoms with E-state index in [1.807, 2.05) is 12.1 Å². The van der Waals surface area contributed by atoms with Crippen LogP contribution in [0.25, 0.3) is 0 Å². The Morgan fingerprint density at radius 1 is 1.00 bits per heavy atom. The summed E-state index contributed by atoms with van der Waals surface area (Å²) in [5.74, 6) is -0.167. The fourth-order valence-corrected chi connectivity index (χ4v) is 1.76. The van der Waals surface area contributed by atoms with Crippen molar-refractivity contribution in [3.8, 4) is 0 Å². The molecule has 15 heavy (non-hydrogen) atoms. The van der Waals surface area contributed by atoms with Gasteiger partial charge in [-0.25, -0.2) is 4.39 Å². The van der Waals surface area contributed by atoms with E-state index in [0.717, 1.165) is 6.54 Å². The number of halogens is 1. The summed E-state index contributed by atoms with van der Waals surface area (Å²) in [5.41, 5.74) is 1.17. The van der Waals surface area contributed by atoms with Gasteiger partial charge in [-0.15, -0.1) is 0 Å². The SMILES string of the molecule is CC(C)N(Cc1ccc(F)cc1)C(C)C. The van der Waals surface area contributed by atoms with Crippen LogP contribution in [0.15, 0.2) is 24.3 Å². The molecule has 0 unspecified atom stereocenters. The van der Waals surface area contributed by atoms with E-state index >= 15 is 0 Å². The Morgan fingerprint density at radius 2 is 1.47 bits per heavy atom. The van der Waals surface area contributed by atoms with Gasteiger partial charge in [0.05, 0.1) is 0 Å². The Bertz CT molecular complexity index is 282. The first-order valence-electron chi connectivity index (χ1n) is 5.51. The smallest absolute Gasteiger partial charge is 0.123 e. The van der Waals surface area contributed by atoms with Crippen molar-refractivity contribution in [1.82, 2.24) is 4.90 Å². The number of rotatable bonds is 4. The molecule has 0 amide bonds. The van der Waals surface area contributed by atoms with Crippen LogP contribution in [0.2, 0.25) is 0 Å². The monoisotopic (exact) mass is 209 g/mol. The largest absolute Gasteiger partial charge is 0.294 e. The van der Waals surface area contributed by atoms with Crippen LogP contribution in [-0.4, -0.2) is 17.0 Å². The third-order valence-corrected chi connectivity index (χ3v) is 2.60. The second-order valence-electron chi connectivity index (χ2n) is 4.49. The molecule has 1 aromatic rings. The van der Waals surface area contributed by atoms with Gasteiger partial charge >= 0.3 is 0 Å². The third-order valence-electron chi connectivity index (χ3n) is 2.60. The molecule has 1 aromatic carbocycles. The Labute approximate surface area is 91.9 Å². The summed E-state index contributed by atoms with van der Waals surface area (Å²) in [7, 11) is 0. The van der Waals surface area contributed by atoms with Crippen LogP contribution < -0.4 is 0 Å². The van der Waals surface area contributed by atoms with E-state index in [1.54, 1.807) is 0 Å². The van der Waals surface area contributed by atoms with Gasteiger partial charge < -0.3 is 0 Å². The fraction of sp³-hybridized carbons (Fsp3) is 0.538. The van der Waals surface area contributed by atoms with Crippen molar-refractivity contribution in [3.05, 3.63) is 35.6 Å². The van der Waals surface area contributed by atoms with Crippen molar-refractivity contribution in [2.75, 3.05) is 0 Å². The summed E-state index contributed by atoms with van der Waals surface area (Å²) in [4.78, 5) is 2.38. The summed E-state index contributed by atoms with van der Waals surface area (Å²) >= 11 is 0. The first kappa shape index (κ1) is 12.2. The van der Waals surface area contributed by atoms with Gasteiger partial charge in [-0.2, -0.15) is 0 Å². The minimum Gasteiger partial charge on any atom is -0.294 e. The molecule has 0 fully saturated rings. The molecule has 0 aliphatic carbocycles. The van der Waals surface area contributed by atoms with Crippen molar-refractivity contribution >= 4 is 0 Å². The highest BCUT2D eigenvalue weighted by Crippen LogP contribution is 2.12. The maximum atomic E-state index is 12.7. The van der Waals surface area contributed by atoms with Gasteiger partial charge in [0.1, 0.15) is 5.82 Å². The quantitative estimate of drug-likeness (QED) is 0.734. The van der Waals surface area contributed by atoms with Crippen molar-refractivity contribution in [1.29, 1.82) is 0 Å². The van der Waals surface area contributed by atoms with Crippen LogP contribution in [0.3, 0.4) is 0 Å². The molecule has 0 aliphatic heterocycles. The molecule has 0 saturated carbocycles. The van der Waals surface area contributed by atoms with E-state index in [4.69, 9.17) is 0 Å². The molecular weight excluding hydrogens is 189 g/mol. The van der Waals surface area contributed by atoms with E-state index in [-0.39, 0.29) is 5.82 Å². The molecule has 0 aromatic heterocycles. The maximum Gasteiger partial charge on any atom is 0.123 e. The Balaban J connectivity index is 2.70. The van der Waals surface area contributed by atoms with Gasteiger partial charge in [0.2, 0.25) is 0 Å². The van der Waals surface area contributed by atoms with E-state index in [1.165, 1.54) is 17.7 Å². The zero-order valence-electron chi connectivity index (χ0n) is 10.00. The molecule has 0 saturated heterocycles. The molecule has 0 N–H and O–H groups in total. The Hall–Kier alpha value is -0.890. The molecule has 84 valence electrons. The van der Waals surface area contributed by atoms with E-state index < -0.39 is 0 Å². The van der Waals surface area contributed by atoms with E-state index in [2.05, 4.69) is 32.6 Å². The Morgan fingerprint density at radius 3 is 1.87 bits per heavy atom. The van der Waals surface area contributed by atoms with E-state index in [0.29, 0.717) is 12.1 Å². The summed E-state index contributed by atoms with van der Waals surface area (Å²) in [5, 5.41) is 0. The topological polar surface area (TPSA) is 3.24 Å². The first-order chi connectivity index (χ1) is 7.00. The summed E-state index contributed by atoms with van der Waals surface area (Å²) < 4.78 is 12.7. The van der Waals surface area contributed by atoms with Crippen molar-refractivity contribution in [3.63, 3.8) is 0 Å². The molecule has 0 aliphatic rings. The predicted octanol–water partition coefficient (Wildman–Crippen LogP) is 3.44. The number of hydrogen-bond acceptors (Lipinski definition) is 1. The van der Waals surface area contributed by atoms with Crippen LogP contribution in [0.4, 0.5) is 4.39 Å². The van der Waals surface area contributed by atoms with Gasteiger partial charge in [-0.3, -0.25) is 4.90 Å². The molecule has 2 heteroatoms. The van der Waals surface area contributed by atoms with Crippen LogP contribution in [-0.2, 0) is 6.54 Å². The van der Waals surface area contributed by atoms with Gasteiger partial charge in [0.25, 0.3) is 0 Å². The summed E-state index contributed by atoms with van der Waals surface area (Å²) in [6.07, 6.45) is 0. The van der Waals surface area contributed by atoms with E-state index in [9.17, 15) is 4.39 Å². The zero-order chi connectivity index (χ0) is 11.4. The average molecular weight is 209 g/mol. The molecule has 0 spiro atoms. The molecule has 0 atom stereocenters. The minimum atomic E-state index is -0.167. The molecule has 0 bridgehead atoms. The molecule has 1 nitrogen and oxygen atoms in total. The number of benzene rings is 1. The highest BCUT2D eigenvalue weighted by Gasteiger charge is 2.13. The standard InChI is InChI=1S/C13H20FN/c1-10(2)15(11(3)4)9-12-5-7-13(14)8-6-12/h5-8,10-11H,9H2,1-4H3. The third kappa shape index (κ3) is 3.63. The van der Waals surface area contributed by atoms with Crippen LogP contribution in [0, 0.1) is 5.82 Å². The second kappa shape index (κ2) is 5.26. The minimum absolute atomic E-state index is 0.167. The average Bonchev–Trinajstić information content (AvgIpc) is 2.15. The summed E-state index contributed by atoms with van der Waals surface area (Å²) in [6.45, 7) is 9.62. The number of hydrogen-bond donors (Lipinski definition) is 0. The van der Waals surface area contributed by atoms with Crippen LogP contribution in [0.1, 0.15) is 33.3 Å². The van der Waals surface area contributed by atoms with Crippen molar-refractivity contribution in [2.45, 2.75) is 46.3 Å². The fourth-order valence-electron chi connectivity index (χ4n) is 1.76. The van der Waals surface area contributed by atoms with Crippen LogP contribution >= 0.6 is 0 Å². The molecule has 0 radical (unpaired) electrons. The second-order valence-corrected chi connectivity index (χ2v) is 4.49.